The molecule has 0 bridgehead atoms. The zero-order valence-electron chi connectivity index (χ0n) is 12.0. The lowest BCUT2D eigenvalue weighted by molar-refractivity contribution is -0.139. The minimum absolute atomic E-state index is 0.117. The molecule has 0 saturated heterocycles. The summed E-state index contributed by atoms with van der Waals surface area (Å²) in [6.45, 7) is 4.13. The number of aliphatic carboxylic acids is 1. The number of aromatic nitrogens is 2. The molecule has 2 unspecified atom stereocenters. The van der Waals surface area contributed by atoms with Crippen LogP contribution in [0.2, 0.25) is 0 Å². The Morgan fingerprint density at radius 1 is 1.62 bits per heavy atom. The van der Waals surface area contributed by atoms with Crippen molar-refractivity contribution in [2.24, 2.45) is 5.92 Å². The number of nitrogens with one attached hydrogen (secondary N) is 2. The van der Waals surface area contributed by atoms with E-state index in [2.05, 4.69) is 15.3 Å². The maximum atomic E-state index is 12.1. The van der Waals surface area contributed by atoms with Crippen molar-refractivity contribution < 1.29 is 14.7 Å². The number of rotatable bonds is 7. The minimum Gasteiger partial charge on any atom is -0.480 e. The van der Waals surface area contributed by atoms with E-state index in [1.54, 1.807) is 13.8 Å². The average molecular weight is 293 g/mol. The lowest BCUT2D eigenvalue weighted by atomic mass is 10.1. The smallest absolute Gasteiger partial charge is 0.326 e. The van der Waals surface area contributed by atoms with Crippen LogP contribution in [-0.4, -0.2) is 51.1 Å². The quantitative estimate of drug-likeness (QED) is 0.679. The average Bonchev–Trinajstić information content (AvgIpc) is 2.96. The molecule has 0 aliphatic heterocycles. The topological polar surface area (TPSA) is 122 Å². The number of H-pyrrole nitrogens is 1. The van der Waals surface area contributed by atoms with E-state index in [9.17, 15) is 14.7 Å². The summed E-state index contributed by atoms with van der Waals surface area (Å²) in [5.41, 5.74) is 0.621. The Morgan fingerprint density at radius 3 is 2.81 bits per heavy atom. The van der Waals surface area contributed by atoms with E-state index in [1.165, 1.54) is 17.4 Å². The predicted octanol–water partition coefficient (Wildman–Crippen LogP) is 0.597. The Balaban J connectivity index is 2.67. The molecule has 2 amide bonds. The molecular weight excluding hydrogens is 274 g/mol. The number of amides is 2. The second-order valence-electron chi connectivity index (χ2n) is 4.69. The first-order valence-corrected chi connectivity index (χ1v) is 6.63. The van der Waals surface area contributed by atoms with Gasteiger partial charge in [-0.3, -0.25) is 0 Å². The van der Waals surface area contributed by atoms with E-state index >= 15 is 0 Å². The second-order valence-corrected chi connectivity index (χ2v) is 4.69. The number of nitrogens with zero attached hydrogens (tertiary/aromatic N) is 3. The number of urea groups is 1. The van der Waals surface area contributed by atoms with E-state index in [4.69, 9.17) is 5.26 Å². The standard InChI is InChI=1S/C13H19N5O3/c1-3-18(7-9(2)5-14)13(21)17-11(12(19)20)4-10-6-15-8-16-10/h6,8-9,11H,3-4,7H2,1-2H3,(H,15,16)(H,17,21)(H,19,20). The summed E-state index contributed by atoms with van der Waals surface area (Å²) < 4.78 is 0. The van der Waals surface area contributed by atoms with Crippen molar-refractivity contribution in [1.29, 1.82) is 5.26 Å². The molecule has 0 saturated carbocycles. The molecule has 114 valence electrons. The maximum Gasteiger partial charge on any atom is 0.326 e. The van der Waals surface area contributed by atoms with Crippen molar-refractivity contribution in [3.63, 3.8) is 0 Å². The summed E-state index contributed by atoms with van der Waals surface area (Å²) in [5.74, 6) is -1.44. The predicted molar refractivity (Wildman–Crippen MR) is 74.3 cm³/mol. The monoisotopic (exact) mass is 293 g/mol. The third-order valence-electron chi connectivity index (χ3n) is 2.96. The highest BCUT2D eigenvalue weighted by molar-refractivity contribution is 5.82. The fourth-order valence-corrected chi connectivity index (χ4v) is 1.78. The van der Waals surface area contributed by atoms with Crippen molar-refractivity contribution in [3.8, 4) is 6.07 Å². The van der Waals surface area contributed by atoms with Gasteiger partial charge in [-0.25, -0.2) is 14.6 Å². The van der Waals surface area contributed by atoms with Crippen molar-refractivity contribution in [2.45, 2.75) is 26.3 Å². The Labute approximate surface area is 122 Å². The number of carbonyl (C=O) groups is 2. The van der Waals surface area contributed by atoms with Crippen LogP contribution < -0.4 is 5.32 Å². The van der Waals surface area contributed by atoms with Crippen LogP contribution >= 0.6 is 0 Å². The molecule has 0 spiro atoms. The van der Waals surface area contributed by atoms with Gasteiger partial charge in [-0.1, -0.05) is 0 Å². The number of hydrogen-bond acceptors (Lipinski definition) is 4. The van der Waals surface area contributed by atoms with Gasteiger partial charge in [-0.05, 0) is 13.8 Å². The molecule has 2 atom stereocenters. The van der Waals surface area contributed by atoms with Crippen LogP contribution in [0.1, 0.15) is 19.5 Å². The van der Waals surface area contributed by atoms with Crippen LogP contribution in [0, 0.1) is 17.2 Å². The number of aromatic amines is 1. The van der Waals surface area contributed by atoms with Crippen LogP contribution in [-0.2, 0) is 11.2 Å². The van der Waals surface area contributed by atoms with Crippen molar-refractivity contribution in [3.05, 3.63) is 18.2 Å². The first-order chi connectivity index (χ1) is 9.97. The lowest BCUT2D eigenvalue weighted by Gasteiger charge is -2.24. The van der Waals surface area contributed by atoms with Gasteiger partial charge in [0.1, 0.15) is 6.04 Å². The highest BCUT2D eigenvalue weighted by Gasteiger charge is 2.24. The summed E-state index contributed by atoms with van der Waals surface area (Å²) >= 11 is 0. The number of imidazole rings is 1. The van der Waals surface area contributed by atoms with E-state index in [1.807, 2.05) is 6.07 Å². The normalized spacial score (nSPS) is 13.0. The third kappa shape index (κ3) is 5.14. The van der Waals surface area contributed by atoms with Gasteiger partial charge in [-0.15, -0.1) is 0 Å². The number of carbonyl (C=O) groups excluding carboxylic acids is 1. The van der Waals surface area contributed by atoms with E-state index in [0.717, 1.165) is 0 Å². The summed E-state index contributed by atoms with van der Waals surface area (Å²) in [6, 6.07) is 0.500. The van der Waals surface area contributed by atoms with Crippen molar-refractivity contribution >= 4 is 12.0 Å². The van der Waals surface area contributed by atoms with Gasteiger partial charge < -0.3 is 20.3 Å². The third-order valence-corrected chi connectivity index (χ3v) is 2.96. The molecule has 0 radical (unpaired) electrons. The van der Waals surface area contributed by atoms with Crippen LogP contribution in [0.15, 0.2) is 12.5 Å². The lowest BCUT2D eigenvalue weighted by Crippen LogP contribution is -2.49. The molecule has 0 aliphatic carbocycles. The van der Waals surface area contributed by atoms with E-state index < -0.39 is 18.0 Å². The highest BCUT2D eigenvalue weighted by atomic mass is 16.4. The molecule has 3 N–H and O–H groups in total. The molecule has 0 fully saturated rings. The Kier molecular flexibility index (Phi) is 6.20. The van der Waals surface area contributed by atoms with Gasteiger partial charge in [0, 0.05) is 31.4 Å². The van der Waals surface area contributed by atoms with Gasteiger partial charge in [-0.2, -0.15) is 5.26 Å². The molecule has 21 heavy (non-hydrogen) atoms. The summed E-state index contributed by atoms with van der Waals surface area (Å²) in [4.78, 5) is 31.3. The van der Waals surface area contributed by atoms with Gasteiger partial charge in [0.25, 0.3) is 0 Å². The van der Waals surface area contributed by atoms with E-state index in [0.29, 0.717) is 12.2 Å². The molecule has 1 heterocycles. The largest absolute Gasteiger partial charge is 0.480 e. The molecular formula is C13H19N5O3. The first kappa shape index (κ1) is 16.5. The minimum atomic E-state index is -1.12. The first-order valence-electron chi connectivity index (χ1n) is 6.63. The van der Waals surface area contributed by atoms with Crippen LogP contribution in [0.5, 0.6) is 0 Å². The van der Waals surface area contributed by atoms with Gasteiger partial charge in [0.05, 0.1) is 18.3 Å². The second kappa shape index (κ2) is 7.89. The Morgan fingerprint density at radius 2 is 2.33 bits per heavy atom. The number of nitriles is 1. The van der Waals surface area contributed by atoms with Gasteiger partial charge >= 0.3 is 12.0 Å². The maximum absolute atomic E-state index is 12.1. The molecule has 1 aromatic rings. The zero-order valence-corrected chi connectivity index (χ0v) is 12.0. The molecule has 1 rings (SSSR count). The summed E-state index contributed by atoms with van der Waals surface area (Å²) in [7, 11) is 0. The van der Waals surface area contributed by atoms with Crippen molar-refractivity contribution in [2.75, 3.05) is 13.1 Å². The Bertz CT molecular complexity index is 508. The summed E-state index contributed by atoms with van der Waals surface area (Å²) in [5, 5.41) is 20.4. The SMILES string of the molecule is CCN(CC(C)C#N)C(=O)NC(Cc1cnc[nH]1)C(=O)O. The number of carboxylic acid groups (broad SMARTS) is 1. The van der Waals surface area contributed by atoms with Gasteiger partial charge in [0.15, 0.2) is 0 Å². The molecule has 8 heteroatoms. The number of hydrogen-bond donors (Lipinski definition) is 3. The molecule has 1 aromatic heterocycles. The zero-order chi connectivity index (χ0) is 15.8. The Hall–Kier alpha value is -2.56. The van der Waals surface area contributed by atoms with Gasteiger partial charge in [0.2, 0.25) is 0 Å². The summed E-state index contributed by atoms with van der Waals surface area (Å²) in [6.07, 6.45) is 3.08. The van der Waals surface area contributed by atoms with Crippen LogP contribution in [0.4, 0.5) is 4.79 Å². The molecule has 0 aliphatic rings. The highest BCUT2D eigenvalue weighted by Crippen LogP contribution is 2.03. The molecule has 8 nitrogen and oxygen atoms in total. The van der Waals surface area contributed by atoms with E-state index in [-0.39, 0.29) is 18.9 Å². The van der Waals surface area contributed by atoms with Crippen LogP contribution in [0.25, 0.3) is 0 Å². The molecule has 0 aromatic carbocycles. The van der Waals surface area contributed by atoms with Crippen LogP contribution in [0.3, 0.4) is 0 Å². The van der Waals surface area contributed by atoms with Crippen molar-refractivity contribution in [1.82, 2.24) is 20.2 Å². The fourth-order valence-electron chi connectivity index (χ4n) is 1.78. The number of carboxylic acids is 1. The fraction of sp³-hybridized carbons (Fsp3) is 0.538.